The number of nitrogens with zero attached hydrogens (tertiary/aromatic N) is 1. The maximum atomic E-state index is 11.9. The van der Waals surface area contributed by atoms with Gasteiger partial charge in [0.25, 0.3) is 10.1 Å². The zero-order chi connectivity index (χ0) is 11.2. The second kappa shape index (κ2) is 3.55. The number of hydrogen-bond donors (Lipinski definition) is 0. The molecule has 0 spiro atoms. The lowest BCUT2D eigenvalue weighted by Gasteiger charge is -2.26. The van der Waals surface area contributed by atoms with Crippen molar-refractivity contribution in [3.05, 3.63) is 29.8 Å². The molecule has 86 valence electrons. The second-order valence-electron chi connectivity index (χ2n) is 4.27. The maximum Gasteiger partial charge on any atom is 0.298 e. The van der Waals surface area contributed by atoms with Crippen LogP contribution in [-0.2, 0) is 20.8 Å². The monoisotopic (exact) mass is 239 g/mol. The van der Waals surface area contributed by atoms with E-state index in [9.17, 15) is 8.42 Å². The smallest absolute Gasteiger partial charge is 0.273 e. The average Bonchev–Trinajstić information content (AvgIpc) is 2.64. The molecule has 0 aromatic heterocycles. The van der Waals surface area contributed by atoms with Crippen LogP contribution < -0.4 is 0 Å². The molecular formula is C11H13NO3S. The molecular weight excluding hydrogens is 226 g/mol. The van der Waals surface area contributed by atoms with Crippen molar-refractivity contribution in [2.24, 2.45) is 0 Å². The first-order valence-electron chi connectivity index (χ1n) is 5.41. The summed E-state index contributed by atoms with van der Waals surface area (Å²) in [5, 5.41) is 0. The first kappa shape index (κ1) is 10.3. The number of fused-ring (bicyclic) bond motifs is 3. The predicted molar refractivity (Wildman–Crippen MR) is 58.1 cm³/mol. The molecule has 2 heterocycles. The SMILES string of the molecule is O=S1(=O)OC2CCCN2Cc2cccc1c2. The van der Waals surface area contributed by atoms with Gasteiger partial charge in [-0.3, -0.25) is 4.90 Å². The van der Waals surface area contributed by atoms with Crippen molar-refractivity contribution in [1.29, 1.82) is 0 Å². The highest BCUT2D eigenvalue weighted by Crippen LogP contribution is 2.28. The van der Waals surface area contributed by atoms with E-state index < -0.39 is 10.1 Å². The van der Waals surface area contributed by atoms with E-state index in [-0.39, 0.29) is 11.1 Å². The molecule has 4 nitrogen and oxygen atoms in total. The van der Waals surface area contributed by atoms with Crippen LogP contribution in [0.5, 0.6) is 0 Å². The van der Waals surface area contributed by atoms with Gasteiger partial charge in [0.1, 0.15) is 6.23 Å². The molecule has 1 unspecified atom stereocenters. The van der Waals surface area contributed by atoms with Crippen molar-refractivity contribution in [2.75, 3.05) is 6.54 Å². The first-order chi connectivity index (χ1) is 7.65. The fourth-order valence-electron chi connectivity index (χ4n) is 2.32. The van der Waals surface area contributed by atoms with E-state index in [0.717, 1.165) is 31.5 Å². The van der Waals surface area contributed by atoms with Crippen molar-refractivity contribution in [2.45, 2.75) is 30.5 Å². The zero-order valence-corrected chi connectivity index (χ0v) is 9.61. The highest BCUT2D eigenvalue weighted by Gasteiger charge is 2.32. The minimum atomic E-state index is -3.58. The number of rotatable bonds is 0. The van der Waals surface area contributed by atoms with Gasteiger partial charge in [0.15, 0.2) is 0 Å². The minimum Gasteiger partial charge on any atom is -0.273 e. The Morgan fingerprint density at radius 1 is 1.38 bits per heavy atom. The summed E-state index contributed by atoms with van der Waals surface area (Å²) >= 11 is 0. The molecule has 2 aliphatic heterocycles. The summed E-state index contributed by atoms with van der Waals surface area (Å²) in [6.07, 6.45) is 1.52. The van der Waals surface area contributed by atoms with Gasteiger partial charge in [-0.2, -0.15) is 8.42 Å². The number of hydrogen-bond acceptors (Lipinski definition) is 4. The van der Waals surface area contributed by atoms with Gasteiger partial charge in [-0.1, -0.05) is 12.1 Å². The van der Waals surface area contributed by atoms with Gasteiger partial charge in [0.2, 0.25) is 0 Å². The molecule has 1 aromatic rings. The van der Waals surface area contributed by atoms with Gasteiger partial charge in [-0.15, -0.1) is 0 Å². The van der Waals surface area contributed by atoms with E-state index in [2.05, 4.69) is 4.90 Å². The van der Waals surface area contributed by atoms with Gasteiger partial charge < -0.3 is 0 Å². The Balaban J connectivity index is 2.10. The maximum absolute atomic E-state index is 11.9. The molecule has 1 fully saturated rings. The van der Waals surface area contributed by atoms with E-state index in [0.29, 0.717) is 0 Å². The highest BCUT2D eigenvalue weighted by molar-refractivity contribution is 7.86. The molecule has 1 aromatic carbocycles. The van der Waals surface area contributed by atoms with E-state index in [1.165, 1.54) is 0 Å². The van der Waals surface area contributed by atoms with E-state index in [1.54, 1.807) is 18.2 Å². The molecule has 0 N–H and O–H groups in total. The van der Waals surface area contributed by atoms with Crippen molar-refractivity contribution >= 4 is 10.1 Å². The molecule has 0 aliphatic carbocycles. The van der Waals surface area contributed by atoms with Crippen LogP contribution in [0.2, 0.25) is 0 Å². The molecule has 5 heteroatoms. The van der Waals surface area contributed by atoms with Crippen LogP contribution in [-0.4, -0.2) is 26.1 Å². The van der Waals surface area contributed by atoms with Crippen LogP contribution in [0, 0.1) is 0 Å². The third-order valence-corrected chi connectivity index (χ3v) is 4.42. The minimum absolute atomic E-state index is 0.274. The molecule has 2 aliphatic rings. The standard InChI is InChI=1S/C11H13NO3S/c13-16(14)10-4-1-3-9(7-10)8-12-6-2-5-11(12)15-16/h1,3-4,7,11H,2,5-6,8H2. The van der Waals surface area contributed by atoms with Gasteiger partial charge in [-0.25, -0.2) is 4.18 Å². The van der Waals surface area contributed by atoms with Crippen molar-refractivity contribution in [1.82, 2.24) is 4.90 Å². The highest BCUT2D eigenvalue weighted by atomic mass is 32.2. The zero-order valence-electron chi connectivity index (χ0n) is 8.80. The fraction of sp³-hybridized carbons (Fsp3) is 0.455. The van der Waals surface area contributed by atoms with Crippen LogP contribution in [0.25, 0.3) is 0 Å². The lowest BCUT2D eigenvalue weighted by molar-refractivity contribution is 0.0592. The van der Waals surface area contributed by atoms with Crippen LogP contribution in [0.3, 0.4) is 0 Å². The Bertz CT molecular complexity index is 512. The Labute approximate surface area is 95.0 Å². The Morgan fingerprint density at radius 2 is 2.25 bits per heavy atom. The van der Waals surface area contributed by atoms with Crippen molar-refractivity contribution in [3.8, 4) is 0 Å². The van der Waals surface area contributed by atoms with Crippen LogP contribution in [0.15, 0.2) is 29.2 Å². The third kappa shape index (κ3) is 1.65. The van der Waals surface area contributed by atoms with Gasteiger partial charge >= 0.3 is 0 Å². The summed E-state index contributed by atoms with van der Waals surface area (Å²) in [5.41, 5.74) is 1.04. The van der Waals surface area contributed by atoms with Crippen LogP contribution in [0.4, 0.5) is 0 Å². The summed E-state index contributed by atoms with van der Waals surface area (Å²) in [6.45, 7) is 1.68. The lowest BCUT2D eigenvalue weighted by atomic mass is 10.2. The second-order valence-corrected chi connectivity index (χ2v) is 5.84. The molecule has 0 saturated carbocycles. The largest absolute Gasteiger partial charge is 0.298 e. The molecule has 2 bridgehead atoms. The summed E-state index contributed by atoms with van der Waals surface area (Å²) in [6, 6.07) is 7.01. The summed E-state index contributed by atoms with van der Waals surface area (Å²) in [7, 11) is -3.58. The molecule has 16 heavy (non-hydrogen) atoms. The normalized spacial score (nSPS) is 28.1. The lowest BCUT2D eigenvalue weighted by Crippen LogP contribution is -2.34. The van der Waals surface area contributed by atoms with E-state index in [4.69, 9.17) is 4.18 Å². The molecule has 3 rings (SSSR count). The van der Waals surface area contributed by atoms with Gasteiger partial charge in [0, 0.05) is 13.1 Å². The van der Waals surface area contributed by atoms with Gasteiger partial charge in [0.05, 0.1) is 4.90 Å². The molecule has 1 atom stereocenters. The van der Waals surface area contributed by atoms with Crippen LogP contribution >= 0.6 is 0 Å². The summed E-state index contributed by atoms with van der Waals surface area (Å²) < 4.78 is 29.1. The van der Waals surface area contributed by atoms with Crippen molar-refractivity contribution in [3.63, 3.8) is 0 Å². The van der Waals surface area contributed by atoms with Crippen molar-refractivity contribution < 1.29 is 12.6 Å². The fourth-order valence-corrected chi connectivity index (χ4v) is 3.48. The average molecular weight is 239 g/mol. The Hall–Kier alpha value is -0.910. The summed E-state index contributed by atoms with van der Waals surface area (Å²) in [4.78, 5) is 2.35. The molecule has 1 saturated heterocycles. The molecule has 0 amide bonds. The van der Waals surface area contributed by atoms with E-state index in [1.807, 2.05) is 6.07 Å². The third-order valence-electron chi connectivity index (χ3n) is 3.11. The van der Waals surface area contributed by atoms with Crippen LogP contribution in [0.1, 0.15) is 18.4 Å². The van der Waals surface area contributed by atoms with Gasteiger partial charge in [-0.05, 0) is 30.5 Å². The quantitative estimate of drug-likeness (QED) is 0.641. The Kier molecular flexibility index (Phi) is 2.27. The predicted octanol–water partition coefficient (Wildman–Crippen LogP) is 1.33. The Morgan fingerprint density at radius 3 is 3.12 bits per heavy atom. The summed E-state index contributed by atoms with van der Waals surface area (Å²) in [5.74, 6) is 0. The number of benzene rings is 1. The van der Waals surface area contributed by atoms with E-state index >= 15 is 0 Å². The topological polar surface area (TPSA) is 46.6 Å². The first-order valence-corrected chi connectivity index (χ1v) is 6.82. The molecule has 0 radical (unpaired) electrons.